The number of nitrogens with zero attached hydrogens (tertiary/aromatic N) is 1. The molecule has 0 radical (unpaired) electrons. The molecule has 1 aromatic rings. The number of hydrogen-bond donors (Lipinski definition) is 5. The summed E-state index contributed by atoms with van der Waals surface area (Å²) in [5, 5.41) is 6.00. The van der Waals surface area contributed by atoms with Gasteiger partial charge in [0.1, 0.15) is 5.69 Å². The van der Waals surface area contributed by atoms with Crippen LogP contribution in [0.3, 0.4) is 0 Å². The van der Waals surface area contributed by atoms with Crippen LogP contribution in [0.5, 0.6) is 0 Å². The number of rotatable bonds is 1. The largest absolute Gasteiger partial charge is 0.405 e. The van der Waals surface area contributed by atoms with Crippen LogP contribution in [0, 0.1) is 0 Å². The summed E-state index contributed by atoms with van der Waals surface area (Å²) < 4.78 is 0. The normalized spacial score (nSPS) is 19.3. The molecule has 15 heavy (non-hydrogen) atoms. The van der Waals surface area contributed by atoms with Crippen molar-refractivity contribution >= 4 is 17.5 Å². The van der Waals surface area contributed by atoms with Gasteiger partial charge < -0.3 is 22.1 Å². The summed E-state index contributed by atoms with van der Waals surface area (Å²) in [6.45, 7) is 0.608. The monoisotopic (exact) mass is 208 g/mol. The number of aromatic amines is 1. The van der Waals surface area contributed by atoms with Crippen molar-refractivity contribution in [3.8, 4) is 0 Å². The topological polar surface area (TPSA) is 122 Å². The molecule has 0 aliphatic carbocycles. The summed E-state index contributed by atoms with van der Waals surface area (Å²) >= 11 is 0. The van der Waals surface area contributed by atoms with Crippen LogP contribution in [0.4, 0.5) is 17.5 Å². The number of aromatic nitrogens is 2. The van der Waals surface area contributed by atoms with Crippen molar-refractivity contribution in [3.05, 3.63) is 22.6 Å². The van der Waals surface area contributed by atoms with E-state index in [4.69, 9.17) is 11.5 Å². The summed E-state index contributed by atoms with van der Waals surface area (Å²) in [6.07, 6.45) is 3.19. The zero-order valence-electron chi connectivity index (χ0n) is 7.95. The van der Waals surface area contributed by atoms with E-state index in [1.165, 1.54) is 6.20 Å². The van der Waals surface area contributed by atoms with Gasteiger partial charge in [-0.05, 0) is 12.3 Å². The molecular weight excluding hydrogens is 196 g/mol. The lowest BCUT2D eigenvalue weighted by atomic mass is 10.2. The van der Waals surface area contributed by atoms with Crippen molar-refractivity contribution < 1.29 is 0 Å². The Bertz CT molecular complexity index is 451. The molecule has 1 aliphatic rings. The molecule has 7 heteroatoms. The molecule has 80 valence electrons. The Hall–Kier alpha value is -2.18. The van der Waals surface area contributed by atoms with Crippen LogP contribution in [0.1, 0.15) is 0 Å². The SMILES string of the molecule is NC=CC1CNc2nc(N)[nH]c(=O)c2N1. The maximum atomic E-state index is 11.5. The van der Waals surface area contributed by atoms with Gasteiger partial charge in [0.05, 0.1) is 6.04 Å². The molecule has 1 atom stereocenters. The van der Waals surface area contributed by atoms with E-state index in [0.717, 1.165) is 0 Å². The number of nitrogen functional groups attached to an aromatic ring is 1. The van der Waals surface area contributed by atoms with E-state index >= 15 is 0 Å². The van der Waals surface area contributed by atoms with E-state index in [2.05, 4.69) is 20.6 Å². The first-order valence-corrected chi connectivity index (χ1v) is 4.49. The van der Waals surface area contributed by atoms with Crippen molar-refractivity contribution in [2.75, 3.05) is 22.9 Å². The van der Waals surface area contributed by atoms with Crippen LogP contribution in [0.25, 0.3) is 0 Å². The van der Waals surface area contributed by atoms with Gasteiger partial charge in [-0.1, -0.05) is 0 Å². The van der Waals surface area contributed by atoms with Crippen molar-refractivity contribution in [2.24, 2.45) is 5.73 Å². The lowest BCUT2D eigenvalue weighted by molar-refractivity contribution is 0.868. The Balaban J connectivity index is 2.37. The first kappa shape index (κ1) is 9.38. The van der Waals surface area contributed by atoms with Crippen LogP contribution in [-0.2, 0) is 0 Å². The molecule has 1 unspecified atom stereocenters. The van der Waals surface area contributed by atoms with Gasteiger partial charge in [-0.2, -0.15) is 4.98 Å². The summed E-state index contributed by atoms with van der Waals surface area (Å²) in [5.41, 5.74) is 10.8. The summed E-state index contributed by atoms with van der Waals surface area (Å²) in [4.78, 5) is 17.9. The molecule has 0 saturated heterocycles. The predicted octanol–water partition coefficient (Wildman–Crippen LogP) is -0.970. The molecule has 7 N–H and O–H groups in total. The molecule has 2 rings (SSSR count). The molecular formula is C8H12N6O. The summed E-state index contributed by atoms with van der Waals surface area (Å²) in [7, 11) is 0. The van der Waals surface area contributed by atoms with Gasteiger partial charge in [-0.15, -0.1) is 0 Å². The molecule has 0 spiro atoms. The standard InChI is InChI=1S/C8H12N6O/c9-2-1-4-3-11-6-5(12-4)7(15)14-8(10)13-6/h1-2,4,12H,3,9H2,(H4,10,11,13,14,15). The zero-order chi connectivity index (χ0) is 10.8. The predicted molar refractivity (Wildman–Crippen MR) is 58.5 cm³/mol. The number of hydrogen-bond acceptors (Lipinski definition) is 6. The molecule has 0 bridgehead atoms. The van der Waals surface area contributed by atoms with Gasteiger partial charge >= 0.3 is 0 Å². The summed E-state index contributed by atoms with van der Waals surface area (Å²) in [6, 6.07) is -0.0194. The highest BCUT2D eigenvalue weighted by atomic mass is 16.1. The van der Waals surface area contributed by atoms with E-state index in [-0.39, 0.29) is 17.5 Å². The maximum Gasteiger partial charge on any atom is 0.277 e. The Morgan fingerprint density at radius 1 is 1.53 bits per heavy atom. The van der Waals surface area contributed by atoms with Crippen LogP contribution >= 0.6 is 0 Å². The molecule has 7 nitrogen and oxygen atoms in total. The number of fused-ring (bicyclic) bond motifs is 1. The summed E-state index contributed by atoms with van der Waals surface area (Å²) in [5.74, 6) is 0.568. The lowest BCUT2D eigenvalue weighted by Crippen LogP contribution is -2.36. The van der Waals surface area contributed by atoms with E-state index in [9.17, 15) is 4.79 Å². The molecule has 0 fully saturated rings. The van der Waals surface area contributed by atoms with Gasteiger partial charge in [0.15, 0.2) is 5.82 Å². The average molecular weight is 208 g/mol. The smallest absolute Gasteiger partial charge is 0.277 e. The Morgan fingerprint density at radius 3 is 3.07 bits per heavy atom. The Kier molecular flexibility index (Phi) is 2.20. The number of anilines is 3. The third kappa shape index (κ3) is 1.71. The second-order valence-electron chi connectivity index (χ2n) is 3.19. The number of nitrogens with two attached hydrogens (primary N) is 2. The van der Waals surface area contributed by atoms with Gasteiger partial charge in [0.2, 0.25) is 5.95 Å². The van der Waals surface area contributed by atoms with E-state index < -0.39 is 0 Å². The highest BCUT2D eigenvalue weighted by Gasteiger charge is 2.19. The molecule has 2 heterocycles. The van der Waals surface area contributed by atoms with Crippen LogP contribution in [0.2, 0.25) is 0 Å². The fourth-order valence-electron chi connectivity index (χ4n) is 1.45. The maximum absolute atomic E-state index is 11.5. The lowest BCUT2D eigenvalue weighted by Gasteiger charge is -2.24. The van der Waals surface area contributed by atoms with Gasteiger partial charge in [-0.3, -0.25) is 9.78 Å². The minimum Gasteiger partial charge on any atom is -0.405 e. The Morgan fingerprint density at radius 2 is 2.33 bits per heavy atom. The fraction of sp³-hybridized carbons (Fsp3) is 0.250. The van der Waals surface area contributed by atoms with Crippen LogP contribution < -0.4 is 27.7 Å². The fourth-order valence-corrected chi connectivity index (χ4v) is 1.45. The second-order valence-corrected chi connectivity index (χ2v) is 3.19. The van der Waals surface area contributed by atoms with Crippen molar-refractivity contribution in [1.29, 1.82) is 0 Å². The van der Waals surface area contributed by atoms with Gasteiger partial charge in [0.25, 0.3) is 5.56 Å². The van der Waals surface area contributed by atoms with Gasteiger partial charge in [0, 0.05) is 6.54 Å². The van der Waals surface area contributed by atoms with E-state index in [1.807, 2.05) is 0 Å². The average Bonchev–Trinajstić information content (AvgIpc) is 2.19. The molecule has 0 amide bonds. The van der Waals surface area contributed by atoms with E-state index in [1.54, 1.807) is 6.08 Å². The Labute approximate surface area is 85.6 Å². The molecule has 0 saturated carbocycles. The minimum absolute atomic E-state index is 0.0194. The third-order valence-electron chi connectivity index (χ3n) is 2.10. The quantitative estimate of drug-likeness (QED) is 0.405. The van der Waals surface area contributed by atoms with Crippen LogP contribution in [-0.4, -0.2) is 22.6 Å². The molecule has 1 aromatic heterocycles. The van der Waals surface area contributed by atoms with Crippen LogP contribution in [0.15, 0.2) is 17.1 Å². The highest BCUT2D eigenvalue weighted by molar-refractivity contribution is 5.67. The highest BCUT2D eigenvalue weighted by Crippen LogP contribution is 2.19. The van der Waals surface area contributed by atoms with E-state index in [0.29, 0.717) is 18.1 Å². The third-order valence-corrected chi connectivity index (χ3v) is 2.10. The molecule has 1 aliphatic heterocycles. The second kappa shape index (κ2) is 3.52. The minimum atomic E-state index is -0.292. The first-order valence-electron chi connectivity index (χ1n) is 4.49. The van der Waals surface area contributed by atoms with Crippen molar-refractivity contribution in [3.63, 3.8) is 0 Å². The van der Waals surface area contributed by atoms with Crippen molar-refractivity contribution in [2.45, 2.75) is 6.04 Å². The molecule has 0 aromatic carbocycles. The number of nitrogens with one attached hydrogen (secondary N) is 3. The number of H-pyrrole nitrogens is 1. The first-order chi connectivity index (χ1) is 7.20. The van der Waals surface area contributed by atoms with Crippen molar-refractivity contribution in [1.82, 2.24) is 9.97 Å². The zero-order valence-corrected chi connectivity index (χ0v) is 7.95. The van der Waals surface area contributed by atoms with Gasteiger partial charge in [-0.25, -0.2) is 0 Å².